The zero-order chi connectivity index (χ0) is 9.84. The van der Waals surface area contributed by atoms with Gasteiger partial charge in [-0.05, 0) is 12.1 Å². The van der Waals surface area contributed by atoms with Crippen LogP contribution in [0.5, 0.6) is 0 Å². The standard InChI is InChI=1S/C8H4ClF2NO/c9-6-3-5(8(10)11)1-2-7(6)12-4-13/h1-3,8H. The molecule has 0 aliphatic heterocycles. The fourth-order valence-electron chi connectivity index (χ4n) is 0.799. The van der Waals surface area contributed by atoms with Gasteiger partial charge in [-0.15, -0.1) is 0 Å². The molecule has 0 aliphatic carbocycles. The predicted octanol–water partition coefficient (Wildman–Crippen LogP) is 3.24. The molecule has 2 nitrogen and oxygen atoms in total. The quantitative estimate of drug-likeness (QED) is 0.536. The highest BCUT2D eigenvalue weighted by molar-refractivity contribution is 6.33. The first-order valence-corrected chi connectivity index (χ1v) is 3.68. The first-order valence-electron chi connectivity index (χ1n) is 3.30. The third kappa shape index (κ3) is 2.34. The van der Waals surface area contributed by atoms with Gasteiger partial charge in [0.25, 0.3) is 6.43 Å². The Bertz CT molecular complexity index is 361. The second-order valence-corrected chi connectivity index (χ2v) is 2.62. The van der Waals surface area contributed by atoms with Crippen LogP contribution in [0, 0.1) is 0 Å². The Balaban J connectivity index is 3.12. The van der Waals surface area contributed by atoms with Crippen LogP contribution >= 0.6 is 11.6 Å². The third-order valence-electron chi connectivity index (χ3n) is 1.39. The maximum Gasteiger partial charge on any atom is 0.263 e. The van der Waals surface area contributed by atoms with Crippen molar-refractivity contribution in [2.24, 2.45) is 4.99 Å². The van der Waals surface area contributed by atoms with Gasteiger partial charge in [0.2, 0.25) is 6.08 Å². The lowest BCUT2D eigenvalue weighted by molar-refractivity contribution is 0.151. The van der Waals surface area contributed by atoms with E-state index in [9.17, 15) is 13.6 Å². The molecule has 0 heterocycles. The van der Waals surface area contributed by atoms with Crippen molar-refractivity contribution in [2.45, 2.75) is 6.43 Å². The summed E-state index contributed by atoms with van der Waals surface area (Å²) in [5.41, 5.74) is -0.0593. The number of nitrogens with zero attached hydrogens (tertiary/aromatic N) is 1. The van der Waals surface area contributed by atoms with E-state index in [4.69, 9.17) is 11.6 Å². The number of halogens is 3. The molecule has 0 fully saturated rings. The van der Waals surface area contributed by atoms with E-state index in [1.165, 1.54) is 12.1 Å². The summed E-state index contributed by atoms with van der Waals surface area (Å²) in [7, 11) is 0. The van der Waals surface area contributed by atoms with Crippen molar-refractivity contribution >= 4 is 23.4 Å². The van der Waals surface area contributed by atoms with Gasteiger partial charge < -0.3 is 0 Å². The lowest BCUT2D eigenvalue weighted by Crippen LogP contribution is -1.82. The number of carbonyl (C=O) groups excluding carboxylic acids is 1. The molecular weight excluding hydrogens is 200 g/mol. The summed E-state index contributed by atoms with van der Waals surface area (Å²) in [6.07, 6.45) is -1.30. The molecule has 0 amide bonds. The average Bonchev–Trinajstić information content (AvgIpc) is 2.08. The summed E-state index contributed by atoms with van der Waals surface area (Å²) < 4.78 is 24.2. The molecule has 0 radical (unpaired) electrons. The van der Waals surface area contributed by atoms with E-state index >= 15 is 0 Å². The van der Waals surface area contributed by atoms with Crippen molar-refractivity contribution in [3.8, 4) is 0 Å². The van der Waals surface area contributed by atoms with Crippen molar-refractivity contribution < 1.29 is 13.6 Å². The Morgan fingerprint density at radius 1 is 1.46 bits per heavy atom. The van der Waals surface area contributed by atoms with Crippen LogP contribution in [0.25, 0.3) is 0 Å². The number of rotatable bonds is 2. The summed E-state index contributed by atoms with van der Waals surface area (Å²) in [6.45, 7) is 0. The van der Waals surface area contributed by atoms with Crippen LogP contribution in [0.2, 0.25) is 5.02 Å². The molecule has 68 valence electrons. The van der Waals surface area contributed by atoms with Gasteiger partial charge in [-0.3, -0.25) is 0 Å². The molecule has 0 saturated heterocycles. The summed E-state index contributed by atoms with van der Waals surface area (Å²) >= 11 is 5.55. The minimum Gasteiger partial charge on any atom is -0.211 e. The minimum absolute atomic E-state index is 0.0150. The molecule has 1 aromatic carbocycles. The van der Waals surface area contributed by atoms with Crippen molar-refractivity contribution in [1.82, 2.24) is 0 Å². The summed E-state index contributed by atoms with van der Waals surface area (Å²) in [6, 6.07) is 3.48. The van der Waals surface area contributed by atoms with Crippen molar-refractivity contribution in [3.63, 3.8) is 0 Å². The van der Waals surface area contributed by atoms with Crippen LogP contribution in [0.1, 0.15) is 12.0 Å². The van der Waals surface area contributed by atoms with Crippen LogP contribution in [0.3, 0.4) is 0 Å². The maximum absolute atomic E-state index is 12.1. The molecule has 1 rings (SSSR count). The highest BCUT2D eigenvalue weighted by atomic mass is 35.5. The third-order valence-corrected chi connectivity index (χ3v) is 1.69. The Labute approximate surface area is 77.9 Å². The number of hydrogen-bond donors (Lipinski definition) is 0. The van der Waals surface area contributed by atoms with Gasteiger partial charge in [0.05, 0.1) is 10.7 Å². The predicted molar refractivity (Wildman–Crippen MR) is 44.2 cm³/mol. The fourth-order valence-corrected chi connectivity index (χ4v) is 1.03. The molecule has 0 aliphatic rings. The Morgan fingerprint density at radius 3 is 2.62 bits per heavy atom. The van der Waals surface area contributed by atoms with E-state index in [1.54, 1.807) is 0 Å². The Morgan fingerprint density at radius 2 is 2.15 bits per heavy atom. The highest BCUT2D eigenvalue weighted by Gasteiger charge is 2.08. The number of alkyl halides is 2. The van der Waals surface area contributed by atoms with Crippen molar-refractivity contribution in [1.29, 1.82) is 0 Å². The summed E-state index contributed by atoms with van der Waals surface area (Å²) in [5.74, 6) is 0. The number of isocyanates is 1. The molecule has 0 atom stereocenters. The van der Waals surface area contributed by atoms with Crippen molar-refractivity contribution in [3.05, 3.63) is 28.8 Å². The van der Waals surface area contributed by atoms with Gasteiger partial charge in [-0.25, -0.2) is 13.6 Å². The van der Waals surface area contributed by atoms with E-state index in [0.717, 1.165) is 12.1 Å². The van der Waals surface area contributed by atoms with Crippen LogP contribution in [-0.4, -0.2) is 6.08 Å². The van der Waals surface area contributed by atoms with E-state index < -0.39 is 6.43 Å². The molecule has 0 saturated carbocycles. The Kier molecular flexibility index (Phi) is 3.12. The molecule has 5 heteroatoms. The smallest absolute Gasteiger partial charge is 0.211 e. The molecule has 0 N–H and O–H groups in total. The second-order valence-electron chi connectivity index (χ2n) is 2.21. The SMILES string of the molecule is O=C=Nc1ccc(C(F)F)cc1Cl. The largest absolute Gasteiger partial charge is 0.263 e. The first kappa shape index (κ1) is 9.84. The number of hydrogen-bond acceptors (Lipinski definition) is 2. The average molecular weight is 204 g/mol. The van der Waals surface area contributed by atoms with Gasteiger partial charge in [0, 0.05) is 5.56 Å². The first-order chi connectivity index (χ1) is 6.15. The van der Waals surface area contributed by atoms with Crippen LogP contribution in [0.4, 0.5) is 14.5 Å². The molecule has 13 heavy (non-hydrogen) atoms. The Hall–Kier alpha value is -1.25. The van der Waals surface area contributed by atoms with E-state index in [0.29, 0.717) is 0 Å². The van der Waals surface area contributed by atoms with Gasteiger partial charge in [-0.2, -0.15) is 4.99 Å². The molecule has 0 unspecified atom stereocenters. The lowest BCUT2D eigenvalue weighted by Gasteiger charge is -2.00. The number of aliphatic imine (C=N–C) groups is 1. The van der Waals surface area contributed by atoms with Gasteiger partial charge in [-0.1, -0.05) is 17.7 Å². The maximum atomic E-state index is 12.1. The van der Waals surface area contributed by atoms with Crippen LogP contribution in [-0.2, 0) is 4.79 Å². The second kappa shape index (κ2) is 4.12. The monoisotopic (exact) mass is 203 g/mol. The van der Waals surface area contributed by atoms with Gasteiger partial charge >= 0.3 is 0 Å². The molecule has 1 aromatic rings. The molecule has 0 spiro atoms. The van der Waals surface area contributed by atoms with Gasteiger partial charge in [0.15, 0.2) is 0 Å². The summed E-state index contributed by atoms with van der Waals surface area (Å²) in [5, 5.41) is 0.0150. The topological polar surface area (TPSA) is 29.4 Å². The highest BCUT2D eigenvalue weighted by Crippen LogP contribution is 2.29. The van der Waals surface area contributed by atoms with Crippen LogP contribution < -0.4 is 0 Å². The zero-order valence-electron chi connectivity index (χ0n) is 6.30. The van der Waals surface area contributed by atoms with Crippen molar-refractivity contribution in [2.75, 3.05) is 0 Å². The molecule has 0 aromatic heterocycles. The van der Waals surface area contributed by atoms with E-state index in [2.05, 4.69) is 4.99 Å². The normalized spacial score (nSPS) is 9.85. The number of benzene rings is 1. The van der Waals surface area contributed by atoms with E-state index in [1.807, 2.05) is 0 Å². The lowest BCUT2D eigenvalue weighted by atomic mass is 10.2. The zero-order valence-corrected chi connectivity index (χ0v) is 7.05. The minimum atomic E-state index is -2.58. The van der Waals surface area contributed by atoms with E-state index in [-0.39, 0.29) is 16.3 Å². The fraction of sp³-hybridized carbons (Fsp3) is 0.125. The summed E-state index contributed by atoms with van der Waals surface area (Å²) in [4.78, 5) is 13.1. The molecule has 0 bridgehead atoms. The van der Waals surface area contributed by atoms with Gasteiger partial charge in [0.1, 0.15) is 0 Å². The van der Waals surface area contributed by atoms with Crippen LogP contribution in [0.15, 0.2) is 23.2 Å². The molecular formula is C8H4ClF2NO.